The van der Waals surface area contributed by atoms with Crippen LogP contribution in [0.3, 0.4) is 0 Å². The van der Waals surface area contributed by atoms with E-state index in [-0.39, 0.29) is 38.2 Å². The summed E-state index contributed by atoms with van der Waals surface area (Å²) < 4.78 is 0. The summed E-state index contributed by atoms with van der Waals surface area (Å²) >= 11 is 0. The van der Waals surface area contributed by atoms with E-state index in [2.05, 4.69) is 20.9 Å². The highest BCUT2D eigenvalue weighted by Gasteiger charge is 2.38. The van der Waals surface area contributed by atoms with E-state index in [0.717, 1.165) is 5.56 Å². The van der Waals surface area contributed by atoms with Gasteiger partial charge >= 0.3 is 0 Å². The van der Waals surface area contributed by atoms with Gasteiger partial charge in [0.1, 0.15) is 19.9 Å². The van der Waals surface area contributed by atoms with Gasteiger partial charge in [-0.25, -0.2) is 0 Å². The lowest BCUT2D eigenvalue weighted by Gasteiger charge is -2.34. The van der Waals surface area contributed by atoms with E-state index in [9.17, 15) is 19.2 Å². The Morgan fingerprint density at radius 3 is 1.95 bits per heavy atom. The Hall–Kier alpha value is -4.43. The van der Waals surface area contributed by atoms with Crippen LogP contribution in [0.2, 0.25) is 0 Å². The summed E-state index contributed by atoms with van der Waals surface area (Å²) in [7, 11) is 6.59. The van der Waals surface area contributed by atoms with Crippen molar-refractivity contribution in [2.24, 2.45) is 33.7 Å². The van der Waals surface area contributed by atoms with Gasteiger partial charge in [-0.05, 0) is 62.6 Å². The highest BCUT2D eigenvalue weighted by Crippen LogP contribution is 2.14. The summed E-state index contributed by atoms with van der Waals surface area (Å²) in [6.07, 6.45) is 1.96. The van der Waals surface area contributed by atoms with E-state index in [1.807, 2.05) is 30.3 Å². The van der Waals surface area contributed by atoms with Crippen molar-refractivity contribution < 1.29 is 19.2 Å². The molecular weight excluding hydrogens is 561 g/mol. The Balaban J connectivity index is 2.30. The van der Waals surface area contributed by atoms with Crippen LogP contribution < -0.4 is 44.6 Å². The molecule has 0 aliphatic rings. The molecule has 13 nitrogen and oxygen atoms in total. The number of hydrogen-bond acceptors (Lipinski definition) is 7. The van der Waals surface area contributed by atoms with E-state index in [1.54, 1.807) is 30.3 Å². The van der Waals surface area contributed by atoms with Gasteiger partial charge in [-0.1, -0.05) is 60.7 Å². The maximum atomic E-state index is 13.7. The van der Waals surface area contributed by atoms with Crippen molar-refractivity contribution in [2.45, 2.75) is 68.5 Å². The zero-order valence-electron chi connectivity index (χ0n) is 24.9. The lowest BCUT2D eigenvalue weighted by Crippen LogP contribution is -2.66. The summed E-state index contributed by atoms with van der Waals surface area (Å²) in [6, 6.07) is 14.9. The summed E-state index contributed by atoms with van der Waals surface area (Å²) in [6.45, 7) is 0.606. The Bertz CT molecular complexity index is 1250. The van der Waals surface area contributed by atoms with Gasteiger partial charge in [-0.3, -0.25) is 24.2 Å². The maximum Gasteiger partial charge on any atom is 0.242 e. The van der Waals surface area contributed by atoms with Gasteiger partial charge in [-0.2, -0.15) is 0 Å². The number of nitrogens with one attached hydrogen (secondary N) is 3. The van der Waals surface area contributed by atoms with Gasteiger partial charge < -0.3 is 44.6 Å². The number of carbonyl (C=O) groups is 4. The molecule has 0 aliphatic heterocycles. The van der Waals surface area contributed by atoms with Crippen molar-refractivity contribution >= 4 is 37.4 Å². The van der Waals surface area contributed by atoms with Gasteiger partial charge in [0.05, 0.1) is 11.5 Å². The van der Waals surface area contributed by atoms with Crippen LogP contribution in [0.1, 0.15) is 43.2 Å². The molecule has 0 fully saturated rings. The Kier molecular flexibility index (Phi) is 14.9. The monoisotopic (exact) mass is 605 g/mol. The molecule has 13 N–H and O–H groups in total. The fourth-order valence-electron chi connectivity index (χ4n) is 4.48. The third-order valence-electron chi connectivity index (χ3n) is 6.89. The maximum absolute atomic E-state index is 13.7. The first-order valence-electron chi connectivity index (χ1n) is 14.6. The van der Waals surface area contributed by atoms with Crippen molar-refractivity contribution in [2.75, 3.05) is 13.1 Å². The molecule has 0 spiro atoms. The van der Waals surface area contributed by atoms with Crippen LogP contribution in [0.25, 0.3) is 0 Å². The molecule has 2 aromatic carbocycles. The molecule has 0 aliphatic carbocycles. The standard InChI is InChI=1S/C30H44BN9O4/c31-30(19-21-12-5-2-6-13-21,28(44)39-23(25(34)41)14-7-8-16-32)40-27(43)24(15-9-17-37-29(35)36)38-26(42)22(33)18-20-10-3-1-4-11-20/h1-6,10-13,22-24H,7-9,14-19,32-33H2,(H2,34,41)(H,38,42)(H,39,44)(H,40,43)(H4,35,36,37)/t22-,23-,24+,30-/m0/s1. The number of guanidine groups is 1. The first-order chi connectivity index (χ1) is 20.9. The van der Waals surface area contributed by atoms with Crippen LogP contribution in [0.5, 0.6) is 0 Å². The first-order valence-corrected chi connectivity index (χ1v) is 14.6. The first kappa shape index (κ1) is 35.8. The summed E-state index contributed by atoms with van der Waals surface area (Å²) in [5, 5.41) is 7.88. The predicted molar refractivity (Wildman–Crippen MR) is 171 cm³/mol. The van der Waals surface area contributed by atoms with E-state index in [1.165, 1.54) is 0 Å². The van der Waals surface area contributed by atoms with Crippen LogP contribution in [0.4, 0.5) is 0 Å². The molecule has 4 amide bonds. The smallest absolute Gasteiger partial charge is 0.242 e. The van der Waals surface area contributed by atoms with E-state index < -0.39 is 47.2 Å². The number of carbonyl (C=O) groups excluding carboxylic acids is 4. The Morgan fingerprint density at radius 1 is 0.795 bits per heavy atom. The van der Waals surface area contributed by atoms with Gasteiger partial charge in [0.2, 0.25) is 23.6 Å². The highest BCUT2D eigenvalue weighted by molar-refractivity contribution is 6.30. The molecule has 0 aromatic heterocycles. The second kappa shape index (κ2) is 18.3. The van der Waals surface area contributed by atoms with Crippen LogP contribution in [-0.4, -0.2) is 74.1 Å². The third kappa shape index (κ3) is 12.4. The van der Waals surface area contributed by atoms with Crippen LogP contribution >= 0.6 is 0 Å². The third-order valence-corrected chi connectivity index (χ3v) is 6.89. The molecule has 14 heteroatoms. The second-order valence-electron chi connectivity index (χ2n) is 10.6. The van der Waals surface area contributed by atoms with E-state index in [4.69, 9.17) is 36.5 Å². The highest BCUT2D eigenvalue weighted by atomic mass is 16.2. The molecule has 0 saturated heterocycles. The molecular formula is C30H44BN9O4. The van der Waals surface area contributed by atoms with Gasteiger partial charge in [-0.15, -0.1) is 0 Å². The molecule has 2 rings (SSSR count). The molecule has 4 atom stereocenters. The molecule has 2 aromatic rings. The summed E-state index contributed by atoms with van der Waals surface area (Å²) in [5.74, 6) is -2.99. The van der Waals surface area contributed by atoms with Crippen molar-refractivity contribution in [1.29, 1.82) is 0 Å². The van der Waals surface area contributed by atoms with E-state index >= 15 is 0 Å². The topological polar surface area (TPSA) is 247 Å². The molecule has 0 bridgehead atoms. The largest absolute Gasteiger partial charge is 0.370 e. The number of rotatable bonds is 19. The number of primary amides is 1. The molecule has 2 radical (unpaired) electrons. The number of nitrogens with zero attached hydrogens (tertiary/aromatic N) is 1. The van der Waals surface area contributed by atoms with Crippen molar-refractivity contribution in [3.63, 3.8) is 0 Å². The van der Waals surface area contributed by atoms with Gasteiger partial charge in [0.15, 0.2) is 5.96 Å². The number of benzene rings is 2. The summed E-state index contributed by atoms with van der Waals surface area (Å²) in [5.41, 5.74) is 27.6. The van der Waals surface area contributed by atoms with Crippen LogP contribution in [-0.2, 0) is 32.0 Å². The predicted octanol–water partition coefficient (Wildman–Crippen LogP) is -1.58. The second-order valence-corrected chi connectivity index (χ2v) is 10.6. The number of aliphatic imine (C=N–C) groups is 1. The number of amides is 4. The lowest BCUT2D eigenvalue weighted by atomic mass is 9.71. The molecule has 236 valence electrons. The average Bonchev–Trinajstić information content (AvgIpc) is 2.98. The van der Waals surface area contributed by atoms with Crippen molar-refractivity contribution in [3.05, 3.63) is 71.8 Å². The zero-order valence-corrected chi connectivity index (χ0v) is 24.9. The van der Waals surface area contributed by atoms with Crippen LogP contribution in [0, 0.1) is 0 Å². The number of hydrogen-bond donors (Lipinski definition) is 8. The Labute approximate surface area is 259 Å². The minimum absolute atomic E-state index is 0.110. The number of unbranched alkanes of at least 4 members (excludes halogenated alkanes) is 1. The van der Waals surface area contributed by atoms with Gasteiger partial charge in [0, 0.05) is 6.54 Å². The molecule has 0 heterocycles. The minimum Gasteiger partial charge on any atom is -0.370 e. The van der Waals surface area contributed by atoms with Crippen molar-refractivity contribution in [3.8, 4) is 0 Å². The molecule has 44 heavy (non-hydrogen) atoms. The van der Waals surface area contributed by atoms with E-state index in [0.29, 0.717) is 31.4 Å². The van der Waals surface area contributed by atoms with Crippen LogP contribution in [0.15, 0.2) is 65.7 Å². The molecule has 0 saturated carbocycles. The summed E-state index contributed by atoms with van der Waals surface area (Å²) in [4.78, 5) is 56.4. The zero-order chi connectivity index (χ0) is 32.5. The van der Waals surface area contributed by atoms with Crippen molar-refractivity contribution in [1.82, 2.24) is 16.0 Å². The minimum atomic E-state index is -2.02. The average molecular weight is 606 g/mol. The fraction of sp³-hybridized carbons (Fsp3) is 0.433. The van der Waals surface area contributed by atoms with Gasteiger partial charge in [0.25, 0.3) is 0 Å². The SMILES string of the molecule is [B][C@@](Cc1ccccc1)(NC(=O)[C@@H](CCCN=C(N)N)NC(=O)[C@@H](N)Cc1ccccc1)C(=O)N[C@@H](CCCCN)C(N)=O. The quantitative estimate of drug-likeness (QED) is 0.0401. The number of nitrogens with two attached hydrogens (primary N) is 5. The fourth-order valence-corrected chi connectivity index (χ4v) is 4.48. The normalized spacial score (nSPS) is 14.2. The lowest BCUT2D eigenvalue weighted by molar-refractivity contribution is -0.134. The Morgan fingerprint density at radius 2 is 1.39 bits per heavy atom. The molecule has 0 unspecified atom stereocenters.